The molecular weight excluding hydrogens is 509 g/mol. The smallest absolute Gasteiger partial charge is 0.416 e. The Hall–Kier alpha value is -3.49. The van der Waals surface area contributed by atoms with Gasteiger partial charge >= 0.3 is 6.18 Å². The van der Waals surface area contributed by atoms with E-state index in [1.807, 2.05) is 0 Å². The van der Waals surface area contributed by atoms with Gasteiger partial charge in [0.25, 0.3) is 5.91 Å². The minimum Gasteiger partial charge on any atom is -0.493 e. The molecule has 39 heavy (non-hydrogen) atoms. The summed E-state index contributed by atoms with van der Waals surface area (Å²) in [6, 6.07) is 10.2. The summed E-state index contributed by atoms with van der Waals surface area (Å²) in [6.45, 7) is 1.81. The molecule has 1 N–H and O–H groups in total. The van der Waals surface area contributed by atoms with Crippen molar-refractivity contribution >= 4 is 17.9 Å². The van der Waals surface area contributed by atoms with Gasteiger partial charge in [-0.3, -0.25) is 9.59 Å². The zero-order chi connectivity index (χ0) is 27.6. The second-order valence-electron chi connectivity index (χ2n) is 11.0. The molecular formula is C30H33F3N2O4. The number of likely N-dealkylation sites (tertiary alicyclic amines) is 1. The molecule has 2 aromatic carbocycles. The van der Waals surface area contributed by atoms with E-state index in [1.165, 1.54) is 31.1 Å². The molecule has 0 bridgehead atoms. The molecule has 2 amide bonds. The predicted octanol–water partition coefficient (Wildman–Crippen LogP) is 5.72. The zero-order valence-electron chi connectivity index (χ0n) is 21.9. The van der Waals surface area contributed by atoms with Crippen molar-refractivity contribution in [2.75, 3.05) is 26.8 Å². The molecule has 0 aromatic heterocycles. The Bertz CT molecular complexity index is 1240. The largest absolute Gasteiger partial charge is 0.493 e. The number of nitrogens with zero attached hydrogens (tertiary/aromatic N) is 1. The number of hydrogen-bond donors (Lipinski definition) is 1. The predicted molar refractivity (Wildman–Crippen MR) is 140 cm³/mol. The van der Waals surface area contributed by atoms with Crippen LogP contribution < -0.4 is 14.8 Å². The molecule has 1 saturated heterocycles. The summed E-state index contributed by atoms with van der Waals surface area (Å²) in [5, 5.41) is 3.13. The highest BCUT2D eigenvalue weighted by Crippen LogP contribution is 2.49. The second kappa shape index (κ2) is 10.9. The van der Waals surface area contributed by atoms with Crippen molar-refractivity contribution in [1.82, 2.24) is 10.2 Å². The number of piperidine rings is 1. The van der Waals surface area contributed by atoms with Crippen molar-refractivity contribution in [2.24, 2.45) is 11.3 Å². The third-order valence-electron chi connectivity index (χ3n) is 8.06. The van der Waals surface area contributed by atoms with Crippen LogP contribution in [0, 0.1) is 11.3 Å². The maximum absolute atomic E-state index is 12.9. The van der Waals surface area contributed by atoms with Gasteiger partial charge in [0.2, 0.25) is 5.91 Å². The van der Waals surface area contributed by atoms with Gasteiger partial charge in [-0.05, 0) is 91.8 Å². The number of hydrogen-bond acceptors (Lipinski definition) is 4. The first-order chi connectivity index (χ1) is 18.6. The van der Waals surface area contributed by atoms with E-state index in [9.17, 15) is 22.8 Å². The van der Waals surface area contributed by atoms with Gasteiger partial charge in [-0.1, -0.05) is 12.1 Å². The number of rotatable bonds is 8. The molecule has 3 aliphatic rings. The van der Waals surface area contributed by atoms with Crippen LogP contribution in [0.4, 0.5) is 13.2 Å². The Morgan fingerprint density at radius 3 is 2.49 bits per heavy atom. The summed E-state index contributed by atoms with van der Waals surface area (Å²) in [7, 11) is 1.58. The fourth-order valence-electron chi connectivity index (χ4n) is 5.48. The molecule has 5 rings (SSSR count). The molecule has 0 unspecified atom stereocenters. The highest BCUT2D eigenvalue weighted by atomic mass is 19.4. The molecule has 0 radical (unpaired) electrons. The third kappa shape index (κ3) is 6.57. The van der Waals surface area contributed by atoms with Crippen molar-refractivity contribution in [3.8, 4) is 11.5 Å². The normalized spacial score (nSPS) is 19.1. The number of methoxy groups -OCH3 is 1. The molecule has 2 saturated carbocycles. The topological polar surface area (TPSA) is 67.9 Å². The lowest BCUT2D eigenvalue weighted by atomic mass is 9.60. The number of carbonyl (C=O) groups excluding carboxylic acids is 2. The molecule has 1 spiro atoms. The number of ether oxygens (including phenoxy) is 2. The van der Waals surface area contributed by atoms with E-state index in [4.69, 9.17) is 9.47 Å². The first kappa shape index (κ1) is 27.1. The molecule has 1 heterocycles. The molecule has 0 atom stereocenters. The van der Waals surface area contributed by atoms with Gasteiger partial charge in [0.1, 0.15) is 0 Å². The number of nitrogens with one attached hydrogen (secondary N) is 1. The maximum atomic E-state index is 12.9. The number of benzene rings is 2. The van der Waals surface area contributed by atoms with Gasteiger partial charge in [-0.15, -0.1) is 0 Å². The van der Waals surface area contributed by atoms with Crippen LogP contribution in [0.25, 0.3) is 6.08 Å². The Labute approximate surface area is 226 Å². The molecule has 1 aliphatic heterocycles. The quantitative estimate of drug-likeness (QED) is 0.434. The summed E-state index contributed by atoms with van der Waals surface area (Å²) in [5.41, 5.74) is 0.244. The molecule has 2 aromatic rings. The van der Waals surface area contributed by atoms with Crippen molar-refractivity contribution in [1.29, 1.82) is 0 Å². The van der Waals surface area contributed by atoms with Gasteiger partial charge in [-0.25, -0.2) is 0 Å². The first-order valence-electron chi connectivity index (χ1n) is 13.4. The fourth-order valence-corrected chi connectivity index (χ4v) is 5.48. The van der Waals surface area contributed by atoms with E-state index < -0.39 is 11.7 Å². The van der Waals surface area contributed by atoms with Crippen LogP contribution in [0.1, 0.15) is 60.0 Å². The van der Waals surface area contributed by atoms with Crippen LogP contribution in [-0.2, 0) is 11.0 Å². The highest BCUT2D eigenvalue weighted by molar-refractivity contribution is 5.95. The van der Waals surface area contributed by atoms with E-state index in [-0.39, 0.29) is 23.3 Å². The van der Waals surface area contributed by atoms with Gasteiger partial charge in [0.05, 0.1) is 19.3 Å². The highest BCUT2D eigenvalue weighted by Gasteiger charge is 2.46. The Kier molecular flexibility index (Phi) is 7.60. The molecule has 2 aliphatic carbocycles. The average molecular weight is 543 g/mol. The third-order valence-corrected chi connectivity index (χ3v) is 8.06. The van der Waals surface area contributed by atoms with Crippen LogP contribution in [0.5, 0.6) is 11.5 Å². The van der Waals surface area contributed by atoms with Gasteiger partial charge in [0, 0.05) is 30.8 Å². The lowest BCUT2D eigenvalue weighted by Gasteiger charge is -2.52. The average Bonchev–Trinajstić information content (AvgIpc) is 3.74. The van der Waals surface area contributed by atoms with E-state index in [1.54, 1.807) is 36.3 Å². The summed E-state index contributed by atoms with van der Waals surface area (Å²) in [5.74, 6) is 1.44. The number of amides is 2. The number of carbonyl (C=O) groups is 2. The Balaban J connectivity index is 1.09. The SMILES string of the molecule is COc1ccc(C(=O)NC2CC3(CCN(C(=O)/C=C/c4cccc(C(F)(F)F)c4)CC3)C2)cc1OCC1CC1. The van der Waals surface area contributed by atoms with Gasteiger partial charge in [0.15, 0.2) is 11.5 Å². The van der Waals surface area contributed by atoms with E-state index in [0.717, 1.165) is 37.8 Å². The molecule has 3 fully saturated rings. The number of alkyl halides is 3. The zero-order valence-corrected chi connectivity index (χ0v) is 21.9. The summed E-state index contributed by atoms with van der Waals surface area (Å²) >= 11 is 0. The van der Waals surface area contributed by atoms with Crippen LogP contribution >= 0.6 is 0 Å². The van der Waals surface area contributed by atoms with Gasteiger partial charge < -0.3 is 19.7 Å². The molecule has 9 heteroatoms. The van der Waals surface area contributed by atoms with Crippen LogP contribution in [0.3, 0.4) is 0 Å². The fraction of sp³-hybridized carbons (Fsp3) is 0.467. The van der Waals surface area contributed by atoms with Crippen LogP contribution in [-0.4, -0.2) is 49.6 Å². The Morgan fingerprint density at radius 1 is 1.08 bits per heavy atom. The van der Waals surface area contributed by atoms with Crippen molar-refractivity contribution in [2.45, 2.75) is 50.7 Å². The monoisotopic (exact) mass is 542 g/mol. The Morgan fingerprint density at radius 2 is 1.82 bits per heavy atom. The van der Waals surface area contributed by atoms with E-state index in [0.29, 0.717) is 48.2 Å². The van der Waals surface area contributed by atoms with E-state index >= 15 is 0 Å². The molecule has 6 nitrogen and oxygen atoms in total. The summed E-state index contributed by atoms with van der Waals surface area (Å²) in [4.78, 5) is 27.3. The van der Waals surface area contributed by atoms with Crippen LogP contribution in [0.15, 0.2) is 48.5 Å². The van der Waals surface area contributed by atoms with Crippen molar-refractivity contribution in [3.63, 3.8) is 0 Å². The van der Waals surface area contributed by atoms with Crippen LogP contribution in [0.2, 0.25) is 0 Å². The summed E-state index contributed by atoms with van der Waals surface area (Å²) in [6.07, 6.45) is 4.10. The minimum atomic E-state index is -4.42. The van der Waals surface area contributed by atoms with Crippen molar-refractivity contribution < 1.29 is 32.2 Å². The molecule has 208 valence electrons. The summed E-state index contributed by atoms with van der Waals surface area (Å²) < 4.78 is 50.0. The first-order valence-corrected chi connectivity index (χ1v) is 13.4. The second-order valence-corrected chi connectivity index (χ2v) is 11.0. The van der Waals surface area contributed by atoms with Crippen molar-refractivity contribution in [3.05, 3.63) is 65.2 Å². The standard InChI is InChI=1S/C30H33F3N2O4/c1-38-25-9-8-22(16-26(25)39-19-21-5-6-21)28(37)34-24-17-29(18-24)11-13-35(14-12-29)27(36)10-7-20-3-2-4-23(15-20)30(31,32)33/h2-4,7-10,15-16,21,24H,5-6,11-14,17-19H2,1H3,(H,34,37)/b10-7+. The maximum Gasteiger partial charge on any atom is 0.416 e. The number of halogens is 3. The van der Waals surface area contributed by atoms with E-state index in [2.05, 4.69) is 5.32 Å². The lowest BCUT2D eigenvalue weighted by molar-refractivity contribution is -0.137. The minimum absolute atomic E-state index is 0.0819. The lowest BCUT2D eigenvalue weighted by Crippen LogP contribution is -2.55. The van der Waals surface area contributed by atoms with Gasteiger partial charge in [-0.2, -0.15) is 13.2 Å².